The van der Waals surface area contributed by atoms with Crippen molar-refractivity contribution in [2.24, 2.45) is 0 Å². The van der Waals surface area contributed by atoms with Crippen LogP contribution in [0.15, 0.2) is 18.2 Å². The van der Waals surface area contributed by atoms with Gasteiger partial charge < -0.3 is 4.90 Å². The van der Waals surface area contributed by atoms with Crippen molar-refractivity contribution in [1.82, 2.24) is 0 Å². The zero-order chi connectivity index (χ0) is 9.97. The van der Waals surface area contributed by atoms with Gasteiger partial charge in [0.1, 0.15) is 0 Å². The highest BCUT2D eigenvalue weighted by molar-refractivity contribution is 6.30. The fraction of sp³-hybridized carbons (Fsp3) is 0.500. The molecule has 1 nitrogen and oxygen atoms in total. The van der Waals surface area contributed by atoms with E-state index in [9.17, 15) is 0 Å². The molecule has 1 aliphatic rings. The maximum Gasteiger partial charge on any atom is 0.0426 e. The van der Waals surface area contributed by atoms with Gasteiger partial charge in [0.2, 0.25) is 0 Å². The lowest BCUT2D eigenvalue weighted by Crippen LogP contribution is -2.19. The normalized spacial score (nSPS) is 16.3. The van der Waals surface area contributed by atoms with E-state index in [0.29, 0.717) is 0 Å². The topological polar surface area (TPSA) is 3.24 Å². The quantitative estimate of drug-likeness (QED) is 0.721. The largest absolute Gasteiger partial charge is 0.371 e. The highest BCUT2D eigenvalue weighted by atomic mass is 35.5. The van der Waals surface area contributed by atoms with Crippen LogP contribution in [0, 0.1) is 0 Å². The number of nitrogens with zero attached hydrogens (tertiary/aromatic N) is 1. The molecule has 0 radical (unpaired) electrons. The van der Waals surface area contributed by atoms with Gasteiger partial charge >= 0.3 is 0 Å². The molecule has 1 aromatic rings. The predicted molar refractivity (Wildman–Crippen MR) is 62.3 cm³/mol. The zero-order valence-electron chi connectivity index (χ0n) is 8.59. The van der Waals surface area contributed by atoms with E-state index >= 15 is 0 Å². The van der Waals surface area contributed by atoms with Gasteiger partial charge in [0, 0.05) is 23.8 Å². The summed E-state index contributed by atoms with van der Waals surface area (Å²) in [5.41, 5.74) is 2.76. The van der Waals surface area contributed by atoms with Gasteiger partial charge in [0.15, 0.2) is 0 Å². The molecule has 0 aliphatic carbocycles. The molecule has 0 aromatic heterocycles. The molecule has 1 aromatic carbocycles. The van der Waals surface area contributed by atoms with Crippen molar-refractivity contribution in [2.75, 3.05) is 18.0 Å². The molecular weight excluding hydrogens is 194 g/mol. The number of aryl methyl sites for hydroxylation is 1. The van der Waals surface area contributed by atoms with E-state index in [2.05, 4.69) is 24.0 Å². The average Bonchev–Trinajstić information content (AvgIpc) is 2.70. The summed E-state index contributed by atoms with van der Waals surface area (Å²) in [4.78, 5) is 2.45. The Morgan fingerprint density at radius 1 is 1.29 bits per heavy atom. The number of hydrogen-bond donors (Lipinski definition) is 0. The van der Waals surface area contributed by atoms with Crippen molar-refractivity contribution in [1.29, 1.82) is 0 Å². The lowest BCUT2D eigenvalue weighted by Gasteiger charge is -2.21. The summed E-state index contributed by atoms with van der Waals surface area (Å²) in [5.74, 6) is 0. The fourth-order valence-corrected chi connectivity index (χ4v) is 2.25. The number of rotatable bonds is 2. The van der Waals surface area contributed by atoms with E-state index < -0.39 is 0 Å². The summed E-state index contributed by atoms with van der Waals surface area (Å²) >= 11 is 6.03. The summed E-state index contributed by atoms with van der Waals surface area (Å²) in [5, 5.41) is 0.851. The molecular formula is C12H16ClN. The van der Waals surface area contributed by atoms with Gasteiger partial charge in [-0.2, -0.15) is 0 Å². The molecule has 2 heteroatoms. The minimum Gasteiger partial charge on any atom is -0.371 e. The third kappa shape index (κ3) is 1.88. The Morgan fingerprint density at radius 2 is 2.00 bits per heavy atom. The summed E-state index contributed by atoms with van der Waals surface area (Å²) in [7, 11) is 0. The first kappa shape index (κ1) is 9.85. The third-order valence-corrected chi connectivity index (χ3v) is 3.11. The Labute approximate surface area is 90.7 Å². The Kier molecular flexibility index (Phi) is 2.97. The highest BCUT2D eigenvalue weighted by Crippen LogP contribution is 2.28. The Balaban J connectivity index is 2.33. The SMILES string of the molecule is CCc1ccc(Cl)cc1N1CCCC1. The molecule has 14 heavy (non-hydrogen) atoms. The van der Waals surface area contributed by atoms with Gasteiger partial charge in [-0.3, -0.25) is 0 Å². The first-order valence-corrected chi connectivity index (χ1v) is 5.72. The molecule has 1 aliphatic heterocycles. The maximum absolute atomic E-state index is 6.03. The van der Waals surface area contributed by atoms with Crippen LogP contribution in [-0.2, 0) is 6.42 Å². The van der Waals surface area contributed by atoms with Crippen molar-refractivity contribution in [2.45, 2.75) is 26.2 Å². The molecule has 0 N–H and O–H groups in total. The molecule has 2 rings (SSSR count). The Bertz CT molecular complexity index is 316. The van der Waals surface area contributed by atoms with Crippen LogP contribution < -0.4 is 4.90 Å². The van der Waals surface area contributed by atoms with Gasteiger partial charge in [-0.15, -0.1) is 0 Å². The van der Waals surface area contributed by atoms with E-state index in [1.807, 2.05) is 6.07 Å². The highest BCUT2D eigenvalue weighted by Gasteiger charge is 2.15. The second kappa shape index (κ2) is 4.22. The summed E-state index contributed by atoms with van der Waals surface area (Å²) < 4.78 is 0. The minimum atomic E-state index is 0.851. The van der Waals surface area contributed by atoms with Crippen molar-refractivity contribution in [3.05, 3.63) is 28.8 Å². The average molecular weight is 210 g/mol. The van der Waals surface area contributed by atoms with Crippen LogP contribution in [0.1, 0.15) is 25.3 Å². The van der Waals surface area contributed by atoms with Crippen molar-refractivity contribution in [3.63, 3.8) is 0 Å². The third-order valence-electron chi connectivity index (χ3n) is 2.87. The van der Waals surface area contributed by atoms with Crippen molar-refractivity contribution >= 4 is 17.3 Å². The molecule has 1 heterocycles. The summed E-state index contributed by atoms with van der Waals surface area (Å²) in [6.07, 6.45) is 3.72. The standard InChI is InChI=1S/C12H16ClN/c1-2-10-5-6-11(13)9-12(10)14-7-3-4-8-14/h5-6,9H,2-4,7-8H2,1H3. The molecule has 0 spiro atoms. The second-order valence-corrected chi connectivity index (χ2v) is 4.26. The van der Waals surface area contributed by atoms with Crippen LogP contribution in [0.25, 0.3) is 0 Å². The Hall–Kier alpha value is -0.690. The van der Waals surface area contributed by atoms with E-state index in [4.69, 9.17) is 11.6 Å². The van der Waals surface area contributed by atoms with E-state index in [1.165, 1.54) is 37.2 Å². The van der Waals surface area contributed by atoms with Crippen LogP contribution in [-0.4, -0.2) is 13.1 Å². The predicted octanol–water partition coefficient (Wildman–Crippen LogP) is 3.50. The van der Waals surface area contributed by atoms with Crippen molar-refractivity contribution < 1.29 is 0 Å². The monoisotopic (exact) mass is 209 g/mol. The fourth-order valence-electron chi connectivity index (χ4n) is 2.09. The maximum atomic E-state index is 6.03. The van der Waals surface area contributed by atoms with Crippen LogP contribution in [0.3, 0.4) is 0 Å². The molecule has 0 atom stereocenters. The number of halogens is 1. The molecule has 0 amide bonds. The van der Waals surface area contributed by atoms with Gasteiger partial charge in [-0.05, 0) is 37.0 Å². The van der Waals surface area contributed by atoms with E-state index in [1.54, 1.807) is 0 Å². The molecule has 0 saturated carbocycles. The number of anilines is 1. The molecule has 0 unspecified atom stereocenters. The van der Waals surface area contributed by atoms with Crippen LogP contribution in [0.2, 0.25) is 5.02 Å². The minimum absolute atomic E-state index is 0.851. The molecule has 76 valence electrons. The van der Waals surface area contributed by atoms with Crippen molar-refractivity contribution in [3.8, 4) is 0 Å². The first-order valence-electron chi connectivity index (χ1n) is 5.34. The smallest absolute Gasteiger partial charge is 0.0426 e. The van der Waals surface area contributed by atoms with Gasteiger partial charge in [0.05, 0.1) is 0 Å². The van der Waals surface area contributed by atoms with Gasteiger partial charge in [-0.1, -0.05) is 24.6 Å². The van der Waals surface area contributed by atoms with Crippen LogP contribution >= 0.6 is 11.6 Å². The molecule has 1 fully saturated rings. The van der Waals surface area contributed by atoms with Crippen LogP contribution in [0.5, 0.6) is 0 Å². The van der Waals surface area contributed by atoms with Gasteiger partial charge in [-0.25, -0.2) is 0 Å². The molecule has 0 bridgehead atoms. The molecule has 1 saturated heterocycles. The Morgan fingerprint density at radius 3 is 2.64 bits per heavy atom. The zero-order valence-corrected chi connectivity index (χ0v) is 9.35. The second-order valence-electron chi connectivity index (χ2n) is 3.82. The number of benzene rings is 1. The van der Waals surface area contributed by atoms with Crippen LogP contribution in [0.4, 0.5) is 5.69 Å². The lowest BCUT2D eigenvalue weighted by atomic mass is 10.1. The summed E-state index contributed by atoms with van der Waals surface area (Å²) in [6.45, 7) is 4.57. The van der Waals surface area contributed by atoms with E-state index in [0.717, 1.165) is 11.4 Å². The summed E-state index contributed by atoms with van der Waals surface area (Å²) in [6, 6.07) is 6.24. The lowest BCUT2D eigenvalue weighted by molar-refractivity contribution is 0.948. The number of hydrogen-bond acceptors (Lipinski definition) is 1. The van der Waals surface area contributed by atoms with E-state index in [-0.39, 0.29) is 0 Å². The first-order chi connectivity index (χ1) is 6.81. The van der Waals surface area contributed by atoms with Gasteiger partial charge in [0.25, 0.3) is 0 Å².